The fourth-order valence-electron chi connectivity index (χ4n) is 2.55. The number of carbonyl (C=O) groups is 1. The summed E-state index contributed by atoms with van der Waals surface area (Å²) in [5.41, 5.74) is 5.02. The largest absolute Gasteiger partial charge is 0.347 e. The van der Waals surface area contributed by atoms with Crippen LogP contribution in [-0.2, 0) is 24.7 Å². The lowest BCUT2D eigenvalue weighted by Crippen LogP contribution is -1.99. The Balaban J connectivity index is 2.77. The third-order valence-corrected chi connectivity index (χ3v) is 3.53. The molecule has 1 heterocycles. The Labute approximate surface area is 102 Å². The molecular weight excluding hydrogens is 210 g/mol. The maximum Gasteiger partial charge on any atom is 0.134 e. The van der Waals surface area contributed by atoms with Gasteiger partial charge in [-0.15, -0.1) is 0 Å². The summed E-state index contributed by atoms with van der Waals surface area (Å²) in [5.74, 6) is 0.225. The van der Waals surface area contributed by atoms with Gasteiger partial charge in [-0.1, -0.05) is 25.1 Å². The molecule has 0 aliphatic rings. The van der Waals surface area contributed by atoms with Crippen molar-refractivity contribution in [1.29, 1.82) is 0 Å². The normalized spacial score (nSPS) is 11.1. The summed E-state index contributed by atoms with van der Waals surface area (Å²) >= 11 is 0. The van der Waals surface area contributed by atoms with E-state index in [-0.39, 0.29) is 5.78 Å². The van der Waals surface area contributed by atoms with E-state index in [0.717, 1.165) is 6.42 Å². The lowest BCUT2D eigenvalue weighted by atomic mass is 10.0. The third kappa shape index (κ3) is 1.88. The highest BCUT2D eigenvalue weighted by Crippen LogP contribution is 2.28. The number of aryl methyl sites for hydroxylation is 2. The first-order chi connectivity index (χ1) is 8.06. The van der Waals surface area contributed by atoms with Gasteiger partial charge in [0.15, 0.2) is 0 Å². The maximum atomic E-state index is 11.4. The van der Waals surface area contributed by atoms with E-state index >= 15 is 0 Å². The SMILES string of the molecule is CCc1cccc2c(CC(C)=O)c(C)n(C)c12. The lowest BCUT2D eigenvalue weighted by Gasteiger charge is -2.03. The molecule has 0 fully saturated rings. The summed E-state index contributed by atoms with van der Waals surface area (Å²) in [6.45, 7) is 5.92. The van der Waals surface area contributed by atoms with Crippen molar-refractivity contribution >= 4 is 16.7 Å². The summed E-state index contributed by atoms with van der Waals surface area (Å²) in [7, 11) is 2.08. The molecule has 0 unspecified atom stereocenters. The van der Waals surface area contributed by atoms with Crippen molar-refractivity contribution < 1.29 is 4.79 Å². The molecule has 2 rings (SSSR count). The van der Waals surface area contributed by atoms with Gasteiger partial charge in [0.25, 0.3) is 0 Å². The van der Waals surface area contributed by atoms with Crippen molar-refractivity contribution in [3.05, 3.63) is 35.0 Å². The summed E-state index contributed by atoms with van der Waals surface area (Å²) in [5, 5.41) is 1.24. The van der Waals surface area contributed by atoms with Crippen LogP contribution < -0.4 is 0 Å². The van der Waals surface area contributed by atoms with Crippen molar-refractivity contribution in [1.82, 2.24) is 4.57 Å². The van der Waals surface area contributed by atoms with Gasteiger partial charge in [-0.25, -0.2) is 0 Å². The number of aromatic nitrogens is 1. The zero-order valence-corrected chi connectivity index (χ0v) is 11.0. The number of Topliss-reactive ketones (excluding diaryl/α,β-unsaturated/α-hetero) is 1. The first-order valence-corrected chi connectivity index (χ1v) is 6.11. The third-order valence-electron chi connectivity index (χ3n) is 3.53. The molecule has 0 N–H and O–H groups in total. The van der Waals surface area contributed by atoms with E-state index in [1.165, 1.54) is 27.7 Å². The molecule has 2 heteroatoms. The van der Waals surface area contributed by atoms with E-state index in [1.807, 2.05) is 0 Å². The number of nitrogens with zero attached hydrogens (tertiary/aromatic N) is 1. The number of para-hydroxylation sites is 1. The topological polar surface area (TPSA) is 22.0 Å². The van der Waals surface area contributed by atoms with Gasteiger partial charge in [0.2, 0.25) is 0 Å². The predicted octanol–water partition coefficient (Wildman–Crippen LogP) is 3.18. The zero-order chi connectivity index (χ0) is 12.6. The molecular formula is C15H19NO. The van der Waals surface area contributed by atoms with Crippen LogP contribution in [0.2, 0.25) is 0 Å². The number of carbonyl (C=O) groups excluding carboxylic acids is 1. The van der Waals surface area contributed by atoms with Gasteiger partial charge >= 0.3 is 0 Å². The van der Waals surface area contributed by atoms with Crippen molar-refractivity contribution in [2.24, 2.45) is 7.05 Å². The van der Waals surface area contributed by atoms with Crippen LogP contribution in [0, 0.1) is 6.92 Å². The molecule has 17 heavy (non-hydrogen) atoms. The van der Waals surface area contributed by atoms with Gasteiger partial charge in [0.05, 0.1) is 5.52 Å². The summed E-state index contributed by atoms with van der Waals surface area (Å²) in [4.78, 5) is 11.4. The zero-order valence-electron chi connectivity index (χ0n) is 11.0. The Morgan fingerprint density at radius 3 is 2.65 bits per heavy atom. The molecule has 0 saturated carbocycles. The first kappa shape index (κ1) is 11.9. The summed E-state index contributed by atoms with van der Waals surface area (Å²) in [6.07, 6.45) is 1.56. The van der Waals surface area contributed by atoms with Crippen LogP contribution in [0.25, 0.3) is 10.9 Å². The second-order valence-corrected chi connectivity index (χ2v) is 4.67. The average molecular weight is 229 g/mol. The molecule has 0 amide bonds. The van der Waals surface area contributed by atoms with Crippen molar-refractivity contribution in [3.8, 4) is 0 Å². The molecule has 0 bridgehead atoms. The Kier molecular flexibility index (Phi) is 3.05. The summed E-state index contributed by atoms with van der Waals surface area (Å²) < 4.78 is 2.21. The van der Waals surface area contributed by atoms with E-state index in [1.54, 1.807) is 6.92 Å². The smallest absolute Gasteiger partial charge is 0.134 e. The van der Waals surface area contributed by atoms with Crippen molar-refractivity contribution in [2.75, 3.05) is 0 Å². The first-order valence-electron chi connectivity index (χ1n) is 6.11. The predicted molar refractivity (Wildman–Crippen MR) is 71.4 cm³/mol. The van der Waals surface area contributed by atoms with E-state index in [2.05, 4.69) is 43.7 Å². The number of hydrogen-bond donors (Lipinski definition) is 0. The fraction of sp³-hybridized carbons (Fsp3) is 0.400. The molecule has 0 atom stereocenters. The van der Waals surface area contributed by atoms with E-state index < -0.39 is 0 Å². The second-order valence-electron chi connectivity index (χ2n) is 4.67. The van der Waals surface area contributed by atoms with E-state index in [0.29, 0.717) is 6.42 Å². The Bertz CT molecular complexity index is 578. The van der Waals surface area contributed by atoms with Crippen LogP contribution in [0.15, 0.2) is 18.2 Å². The number of rotatable bonds is 3. The molecule has 90 valence electrons. The highest BCUT2D eigenvalue weighted by molar-refractivity contribution is 5.92. The van der Waals surface area contributed by atoms with Gasteiger partial charge in [0.1, 0.15) is 5.78 Å². The van der Waals surface area contributed by atoms with E-state index in [4.69, 9.17) is 0 Å². The summed E-state index contributed by atoms with van der Waals surface area (Å²) in [6, 6.07) is 6.38. The molecule has 0 spiro atoms. The minimum absolute atomic E-state index is 0.225. The highest BCUT2D eigenvalue weighted by atomic mass is 16.1. The van der Waals surface area contributed by atoms with E-state index in [9.17, 15) is 4.79 Å². The molecule has 0 saturated heterocycles. The maximum absolute atomic E-state index is 11.4. The quantitative estimate of drug-likeness (QED) is 0.792. The van der Waals surface area contributed by atoms with Gasteiger partial charge in [-0.3, -0.25) is 4.79 Å². The average Bonchev–Trinajstić information content (AvgIpc) is 2.54. The Morgan fingerprint density at radius 1 is 1.35 bits per heavy atom. The number of ketones is 1. The van der Waals surface area contributed by atoms with Crippen LogP contribution in [0.1, 0.15) is 30.7 Å². The standard InChI is InChI=1S/C15H19NO/c1-5-12-7-6-8-13-14(9-10(2)17)11(3)16(4)15(12)13/h6-8H,5,9H2,1-4H3. The fourth-order valence-corrected chi connectivity index (χ4v) is 2.55. The van der Waals surface area contributed by atoms with Crippen molar-refractivity contribution in [3.63, 3.8) is 0 Å². The van der Waals surface area contributed by atoms with Gasteiger partial charge in [-0.2, -0.15) is 0 Å². The number of fused-ring (bicyclic) bond motifs is 1. The van der Waals surface area contributed by atoms with Crippen LogP contribution in [0.3, 0.4) is 0 Å². The molecule has 1 aromatic heterocycles. The monoisotopic (exact) mass is 229 g/mol. The van der Waals surface area contributed by atoms with Crippen LogP contribution in [0.5, 0.6) is 0 Å². The minimum Gasteiger partial charge on any atom is -0.347 e. The second kappa shape index (κ2) is 4.36. The van der Waals surface area contributed by atoms with Gasteiger partial charge in [-0.05, 0) is 31.4 Å². The van der Waals surface area contributed by atoms with Gasteiger partial charge in [0, 0.05) is 24.5 Å². The van der Waals surface area contributed by atoms with Crippen LogP contribution in [0.4, 0.5) is 0 Å². The lowest BCUT2D eigenvalue weighted by molar-refractivity contribution is -0.116. The molecule has 0 radical (unpaired) electrons. The highest BCUT2D eigenvalue weighted by Gasteiger charge is 2.14. The molecule has 2 nitrogen and oxygen atoms in total. The molecule has 0 aliphatic heterocycles. The Hall–Kier alpha value is -1.57. The molecule has 1 aromatic carbocycles. The number of hydrogen-bond acceptors (Lipinski definition) is 1. The molecule has 2 aromatic rings. The van der Waals surface area contributed by atoms with Crippen molar-refractivity contribution in [2.45, 2.75) is 33.6 Å². The minimum atomic E-state index is 0.225. The number of benzene rings is 1. The Morgan fingerprint density at radius 2 is 2.06 bits per heavy atom. The van der Waals surface area contributed by atoms with Crippen LogP contribution >= 0.6 is 0 Å². The van der Waals surface area contributed by atoms with Gasteiger partial charge < -0.3 is 4.57 Å². The van der Waals surface area contributed by atoms with Crippen LogP contribution in [-0.4, -0.2) is 10.4 Å². The molecule has 0 aliphatic carbocycles.